The van der Waals surface area contributed by atoms with Gasteiger partial charge in [-0.3, -0.25) is 0 Å². The summed E-state index contributed by atoms with van der Waals surface area (Å²) < 4.78 is 58.8. The highest BCUT2D eigenvalue weighted by atomic mass is 19.4. The molecule has 144 valence electrons. The molecule has 0 radical (unpaired) electrons. The highest BCUT2D eigenvalue weighted by Crippen LogP contribution is 2.38. The van der Waals surface area contributed by atoms with Crippen LogP contribution in [0.25, 0.3) is 0 Å². The van der Waals surface area contributed by atoms with E-state index < -0.39 is 17.7 Å². The summed E-state index contributed by atoms with van der Waals surface area (Å²) in [4.78, 5) is 19.7. The van der Waals surface area contributed by atoms with Crippen LogP contribution < -0.4 is 14.2 Å². The van der Waals surface area contributed by atoms with Gasteiger partial charge < -0.3 is 18.9 Å². The van der Waals surface area contributed by atoms with E-state index in [0.29, 0.717) is 0 Å². The highest BCUT2D eigenvalue weighted by Gasteiger charge is 2.31. The summed E-state index contributed by atoms with van der Waals surface area (Å²) in [6.45, 7) is 1.51. The molecule has 7 nitrogen and oxygen atoms in total. The number of hydrogen-bond donors (Lipinski definition) is 0. The van der Waals surface area contributed by atoms with E-state index in [4.69, 9.17) is 14.2 Å². The van der Waals surface area contributed by atoms with E-state index >= 15 is 0 Å². The number of alkyl halides is 3. The van der Waals surface area contributed by atoms with Crippen molar-refractivity contribution in [2.24, 2.45) is 0 Å². The quantitative estimate of drug-likeness (QED) is 0.427. The first-order valence-electron chi connectivity index (χ1n) is 7.43. The van der Waals surface area contributed by atoms with Crippen LogP contribution in [0.1, 0.15) is 11.4 Å². The minimum absolute atomic E-state index is 0.122. The average Bonchev–Trinajstić information content (AvgIpc) is 2.61. The number of rotatable bonds is 6. The lowest BCUT2D eigenvalue weighted by Gasteiger charge is -2.14. The van der Waals surface area contributed by atoms with E-state index in [-0.39, 0.29) is 29.1 Å². The lowest BCUT2D eigenvalue weighted by Crippen LogP contribution is -2.09. The Labute approximate surface area is 152 Å². The van der Waals surface area contributed by atoms with Gasteiger partial charge >= 0.3 is 12.1 Å². The maximum atomic E-state index is 12.9. The summed E-state index contributed by atoms with van der Waals surface area (Å²) in [5.41, 5.74) is -0.903. The number of aryl methyl sites for hydroxylation is 1. The molecule has 2 aromatic rings. The summed E-state index contributed by atoms with van der Waals surface area (Å²) in [6.07, 6.45) is -2.48. The molecule has 0 atom stereocenters. The van der Waals surface area contributed by atoms with Crippen LogP contribution in [0.3, 0.4) is 0 Å². The van der Waals surface area contributed by atoms with Crippen molar-refractivity contribution >= 4 is 5.97 Å². The van der Waals surface area contributed by atoms with Gasteiger partial charge in [-0.15, -0.1) is 0 Å². The number of methoxy groups -OCH3 is 2. The maximum Gasteiger partial charge on any atom is 0.416 e. The summed E-state index contributed by atoms with van der Waals surface area (Å²) in [5.74, 6) is -1.50. The van der Waals surface area contributed by atoms with Crippen molar-refractivity contribution in [2.45, 2.75) is 13.1 Å². The molecular formula is C17H15F3N2O5. The van der Waals surface area contributed by atoms with Crippen molar-refractivity contribution in [2.75, 3.05) is 14.2 Å². The zero-order chi connectivity index (χ0) is 20.0. The van der Waals surface area contributed by atoms with Gasteiger partial charge in [0.2, 0.25) is 0 Å². The Balaban J connectivity index is 2.42. The van der Waals surface area contributed by atoms with Gasteiger partial charge in [0.25, 0.3) is 17.5 Å². The second-order valence-electron chi connectivity index (χ2n) is 5.00. The topological polar surface area (TPSA) is 79.8 Å². The van der Waals surface area contributed by atoms with Gasteiger partial charge in [0, 0.05) is 0 Å². The Morgan fingerprint density at radius 2 is 1.85 bits per heavy atom. The number of nitrogens with zero attached hydrogens (tertiary/aromatic N) is 2. The van der Waals surface area contributed by atoms with E-state index in [9.17, 15) is 18.0 Å². The van der Waals surface area contributed by atoms with Crippen LogP contribution in [-0.4, -0.2) is 30.2 Å². The van der Waals surface area contributed by atoms with E-state index in [2.05, 4.69) is 14.7 Å². The van der Waals surface area contributed by atoms with E-state index in [1.165, 1.54) is 33.3 Å². The molecule has 0 fully saturated rings. The first-order valence-corrected chi connectivity index (χ1v) is 7.43. The van der Waals surface area contributed by atoms with Crippen molar-refractivity contribution in [1.82, 2.24) is 9.97 Å². The Bertz CT molecular complexity index is 853. The molecule has 0 amide bonds. The maximum absolute atomic E-state index is 12.9. The summed E-state index contributed by atoms with van der Waals surface area (Å²) >= 11 is 0. The van der Waals surface area contributed by atoms with Crippen LogP contribution in [0.5, 0.6) is 23.3 Å². The lowest BCUT2D eigenvalue weighted by atomic mass is 10.2. The Morgan fingerprint density at radius 3 is 2.48 bits per heavy atom. The fraction of sp³-hybridized carbons (Fsp3) is 0.235. The molecule has 27 heavy (non-hydrogen) atoms. The molecule has 1 heterocycles. The number of halogens is 3. The van der Waals surface area contributed by atoms with Gasteiger partial charge in [0.05, 0.1) is 32.1 Å². The molecule has 2 rings (SSSR count). The second kappa shape index (κ2) is 8.39. The fourth-order valence-electron chi connectivity index (χ4n) is 1.91. The van der Waals surface area contributed by atoms with Gasteiger partial charge in [0.1, 0.15) is 11.6 Å². The Kier molecular flexibility index (Phi) is 6.22. The van der Waals surface area contributed by atoms with E-state index in [1.807, 2.05) is 0 Å². The molecule has 0 aliphatic heterocycles. The highest BCUT2D eigenvalue weighted by molar-refractivity contribution is 5.84. The predicted molar refractivity (Wildman–Crippen MR) is 86.6 cm³/mol. The van der Waals surface area contributed by atoms with Crippen molar-refractivity contribution in [3.8, 4) is 23.3 Å². The van der Waals surface area contributed by atoms with Gasteiger partial charge in [-0.2, -0.15) is 23.1 Å². The van der Waals surface area contributed by atoms with Crippen LogP contribution >= 0.6 is 0 Å². The normalized spacial score (nSPS) is 11.3. The zero-order valence-corrected chi connectivity index (χ0v) is 14.5. The summed E-state index contributed by atoms with van der Waals surface area (Å²) in [6, 6.07) is 4.17. The smallest absolute Gasteiger partial charge is 0.416 e. The average molecular weight is 384 g/mol. The van der Waals surface area contributed by atoms with Crippen LogP contribution in [0, 0.1) is 6.92 Å². The Morgan fingerprint density at radius 1 is 1.15 bits per heavy atom. The molecule has 0 N–H and O–H groups in total. The van der Waals surface area contributed by atoms with Crippen molar-refractivity contribution in [3.05, 3.63) is 48.0 Å². The third kappa shape index (κ3) is 5.33. The van der Waals surface area contributed by atoms with Crippen LogP contribution in [-0.2, 0) is 15.7 Å². The minimum Gasteiger partial charge on any atom is -0.504 e. The largest absolute Gasteiger partial charge is 0.504 e. The summed E-state index contributed by atoms with van der Waals surface area (Å²) in [5, 5.41) is 0. The van der Waals surface area contributed by atoms with Crippen LogP contribution in [0.2, 0.25) is 0 Å². The summed E-state index contributed by atoms with van der Waals surface area (Å²) in [7, 11) is 2.61. The van der Waals surface area contributed by atoms with E-state index in [1.54, 1.807) is 0 Å². The van der Waals surface area contributed by atoms with Crippen LogP contribution in [0.4, 0.5) is 13.2 Å². The fourth-order valence-corrected chi connectivity index (χ4v) is 1.91. The first kappa shape index (κ1) is 20.0. The monoisotopic (exact) mass is 384 g/mol. The van der Waals surface area contributed by atoms with Gasteiger partial charge in [-0.05, 0) is 25.1 Å². The number of hydrogen-bond acceptors (Lipinski definition) is 7. The molecule has 1 aromatic heterocycles. The SMILES string of the molecule is COC=CC(=O)Oc1c(OC)nc(C)nc1Oc1cccc(C(F)(F)F)c1. The molecular weight excluding hydrogens is 369 g/mol. The van der Waals surface area contributed by atoms with Crippen molar-refractivity contribution in [1.29, 1.82) is 0 Å². The zero-order valence-electron chi connectivity index (χ0n) is 14.5. The van der Waals surface area contributed by atoms with Gasteiger partial charge in [-0.1, -0.05) is 6.07 Å². The van der Waals surface area contributed by atoms with Gasteiger partial charge in [0.15, 0.2) is 0 Å². The second-order valence-corrected chi connectivity index (χ2v) is 5.00. The molecule has 0 aliphatic carbocycles. The van der Waals surface area contributed by atoms with Crippen molar-refractivity contribution < 1.29 is 36.9 Å². The Hall–Kier alpha value is -3.30. The van der Waals surface area contributed by atoms with E-state index in [0.717, 1.165) is 24.5 Å². The third-order valence-corrected chi connectivity index (χ3v) is 3.03. The molecule has 0 unspecified atom stereocenters. The standard InChI is InChI=1S/C17H15F3N2O5/c1-10-21-15(25-3)14(27-13(23)7-8-24-2)16(22-10)26-12-6-4-5-11(9-12)17(18,19)20/h4-9H,1-3H3. The number of aromatic nitrogens is 2. The molecule has 1 aromatic carbocycles. The first-order chi connectivity index (χ1) is 12.7. The predicted octanol–water partition coefficient (Wildman–Crippen LogP) is 3.67. The molecule has 0 bridgehead atoms. The molecule has 10 heteroatoms. The van der Waals surface area contributed by atoms with Crippen LogP contribution in [0.15, 0.2) is 36.6 Å². The minimum atomic E-state index is -4.54. The lowest BCUT2D eigenvalue weighted by molar-refractivity contribution is -0.137. The number of carbonyl (C=O) groups excluding carboxylic acids is 1. The third-order valence-electron chi connectivity index (χ3n) is 3.03. The molecule has 0 saturated heterocycles. The van der Waals surface area contributed by atoms with Crippen molar-refractivity contribution in [3.63, 3.8) is 0 Å². The number of carbonyl (C=O) groups is 1. The number of benzene rings is 1. The molecule has 0 spiro atoms. The number of esters is 1. The molecule has 0 aliphatic rings. The molecule has 0 saturated carbocycles. The van der Waals surface area contributed by atoms with Gasteiger partial charge in [-0.25, -0.2) is 4.79 Å². The number of ether oxygens (including phenoxy) is 4.